The van der Waals surface area contributed by atoms with Gasteiger partial charge >= 0.3 is 0 Å². The van der Waals surface area contributed by atoms with Crippen molar-refractivity contribution < 1.29 is 18.0 Å². The second kappa shape index (κ2) is 13.7. The molecule has 1 fully saturated rings. The van der Waals surface area contributed by atoms with Gasteiger partial charge in [-0.15, -0.1) is 0 Å². The van der Waals surface area contributed by atoms with Crippen LogP contribution in [0.2, 0.25) is 5.02 Å². The number of hydrogen-bond donors (Lipinski definition) is 1. The smallest absolute Gasteiger partial charge is 0.264 e. The Morgan fingerprint density at radius 3 is 2.20 bits per heavy atom. The van der Waals surface area contributed by atoms with E-state index in [9.17, 15) is 18.0 Å². The molecule has 3 aromatic rings. The lowest BCUT2D eigenvalue weighted by Crippen LogP contribution is -2.53. The number of halogens is 2. The van der Waals surface area contributed by atoms with Gasteiger partial charge in [0.25, 0.3) is 10.0 Å². The molecule has 0 spiro atoms. The molecule has 0 heterocycles. The molecule has 0 aliphatic heterocycles. The van der Waals surface area contributed by atoms with E-state index in [1.54, 1.807) is 49.4 Å². The topological polar surface area (TPSA) is 86.8 Å². The van der Waals surface area contributed by atoms with Gasteiger partial charge in [0.05, 0.1) is 10.6 Å². The molecule has 40 heavy (non-hydrogen) atoms. The molecule has 2 amide bonds. The predicted molar refractivity (Wildman–Crippen MR) is 162 cm³/mol. The molecule has 1 aliphatic rings. The number of nitrogens with one attached hydrogen (secondary N) is 1. The summed E-state index contributed by atoms with van der Waals surface area (Å²) in [6.45, 7) is 1.34. The average Bonchev–Trinajstić information content (AvgIpc) is 2.96. The van der Waals surface area contributed by atoms with Crippen molar-refractivity contribution in [2.45, 2.75) is 62.6 Å². The highest BCUT2D eigenvalue weighted by Gasteiger charge is 2.33. The zero-order valence-corrected chi connectivity index (χ0v) is 25.5. The van der Waals surface area contributed by atoms with Gasteiger partial charge in [0.1, 0.15) is 12.6 Å². The first-order valence-corrected chi connectivity index (χ1v) is 15.9. The molecular weight excluding hydrogens is 614 g/mol. The van der Waals surface area contributed by atoms with Crippen LogP contribution in [-0.2, 0) is 26.2 Å². The molecule has 1 atom stereocenters. The Morgan fingerprint density at radius 2 is 1.57 bits per heavy atom. The zero-order valence-electron chi connectivity index (χ0n) is 22.3. The van der Waals surface area contributed by atoms with Crippen LogP contribution in [-0.4, -0.2) is 43.8 Å². The Kier molecular flexibility index (Phi) is 10.3. The molecular formula is C30H33BrClN3O4S. The molecule has 212 valence electrons. The number of nitrogens with zero attached hydrogens (tertiary/aromatic N) is 2. The van der Waals surface area contributed by atoms with Crippen LogP contribution in [0.5, 0.6) is 0 Å². The van der Waals surface area contributed by atoms with Crippen LogP contribution in [0.4, 0.5) is 5.69 Å². The molecule has 7 nitrogen and oxygen atoms in total. The quantitative estimate of drug-likeness (QED) is 0.286. The van der Waals surface area contributed by atoms with Gasteiger partial charge < -0.3 is 10.2 Å². The summed E-state index contributed by atoms with van der Waals surface area (Å²) in [5, 5.41) is 3.55. The van der Waals surface area contributed by atoms with Gasteiger partial charge in [-0.2, -0.15) is 0 Å². The average molecular weight is 647 g/mol. The first-order chi connectivity index (χ1) is 19.1. The normalized spacial score (nSPS) is 14.8. The molecule has 0 bridgehead atoms. The van der Waals surface area contributed by atoms with Crippen molar-refractivity contribution in [1.82, 2.24) is 10.2 Å². The number of carbonyl (C=O) groups is 2. The lowest BCUT2D eigenvalue weighted by molar-refractivity contribution is -0.139. The van der Waals surface area contributed by atoms with Gasteiger partial charge in [0.2, 0.25) is 11.8 Å². The Morgan fingerprint density at radius 1 is 0.950 bits per heavy atom. The maximum atomic E-state index is 14.0. The molecule has 1 N–H and O–H groups in total. The van der Waals surface area contributed by atoms with Gasteiger partial charge in [0.15, 0.2) is 0 Å². The highest BCUT2D eigenvalue weighted by molar-refractivity contribution is 9.10. The maximum Gasteiger partial charge on any atom is 0.264 e. The number of sulfonamides is 1. The number of rotatable bonds is 10. The van der Waals surface area contributed by atoms with E-state index in [0.717, 1.165) is 46.4 Å². The van der Waals surface area contributed by atoms with Crippen molar-refractivity contribution in [3.63, 3.8) is 0 Å². The summed E-state index contributed by atoms with van der Waals surface area (Å²) in [6, 6.07) is 21.0. The monoisotopic (exact) mass is 645 g/mol. The molecule has 1 saturated carbocycles. The molecule has 0 aromatic heterocycles. The Bertz CT molecular complexity index is 1400. The summed E-state index contributed by atoms with van der Waals surface area (Å²) in [4.78, 5) is 28.8. The van der Waals surface area contributed by atoms with Crippen molar-refractivity contribution in [2.75, 3.05) is 10.8 Å². The Hall–Kier alpha value is -2.88. The van der Waals surface area contributed by atoms with E-state index in [1.165, 1.54) is 17.0 Å². The van der Waals surface area contributed by atoms with Gasteiger partial charge in [0, 0.05) is 22.1 Å². The molecule has 0 unspecified atom stereocenters. The summed E-state index contributed by atoms with van der Waals surface area (Å²) >= 11 is 9.50. The van der Waals surface area contributed by atoms with Crippen LogP contribution in [0.15, 0.2) is 88.2 Å². The highest BCUT2D eigenvalue weighted by atomic mass is 79.9. The lowest BCUT2D eigenvalue weighted by Gasteiger charge is -2.33. The van der Waals surface area contributed by atoms with E-state index < -0.39 is 28.5 Å². The largest absolute Gasteiger partial charge is 0.352 e. The Labute approximate surface area is 249 Å². The number of amides is 2. The highest BCUT2D eigenvalue weighted by Crippen LogP contribution is 2.26. The SMILES string of the molecule is C[C@H](C(=O)NC1CCCCC1)N(Cc1ccc(Br)cc1)C(=O)CN(c1ccc(Cl)cc1)S(=O)(=O)c1ccccc1. The van der Waals surface area contributed by atoms with Crippen LogP contribution in [0.1, 0.15) is 44.6 Å². The van der Waals surface area contributed by atoms with E-state index >= 15 is 0 Å². The first kappa shape index (κ1) is 30.1. The summed E-state index contributed by atoms with van der Waals surface area (Å²) in [5.74, 6) is -0.745. The third kappa shape index (κ3) is 7.65. The van der Waals surface area contributed by atoms with Crippen molar-refractivity contribution in [3.8, 4) is 0 Å². The maximum absolute atomic E-state index is 14.0. The van der Waals surface area contributed by atoms with Gasteiger partial charge in [-0.3, -0.25) is 13.9 Å². The second-order valence-electron chi connectivity index (χ2n) is 9.97. The van der Waals surface area contributed by atoms with Crippen LogP contribution < -0.4 is 9.62 Å². The predicted octanol–water partition coefficient (Wildman–Crippen LogP) is 6.16. The van der Waals surface area contributed by atoms with Crippen molar-refractivity contribution in [1.29, 1.82) is 0 Å². The standard InChI is InChI=1S/C30H33BrClN3O4S/c1-22(30(37)33-26-8-4-2-5-9-26)34(20-23-12-14-24(31)15-13-23)29(36)21-35(27-18-16-25(32)17-19-27)40(38,39)28-10-6-3-7-11-28/h3,6-7,10-19,22,26H,2,4-5,8-9,20-21H2,1H3,(H,33,37)/t22-/m1/s1. The van der Waals surface area contributed by atoms with Crippen molar-refractivity contribution in [3.05, 3.63) is 93.9 Å². The zero-order chi connectivity index (χ0) is 28.7. The van der Waals surface area contributed by atoms with E-state index in [-0.39, 0.29) is 23.4 Å². The summed E-state index contributed by atoms with van der Waals surface area (Å²) in [5.41, 5.74) is 1.11. The summed E-state index contributed by atoms with van der Waals surface area (Å²) < 4.78 is 29.5. The fourth-order valence-electron chi connectivity index (χ4n) is 4.79. The fraction of sp³-hybridized carbons (Fsp3) is 0.333. The molecule has 0 radical (unpaired) electrons. The lowest BCUT2D eigenvalue weighted by atomic mass is 9.95. The van der Waals surface area contributed by atoms with Crippen molar-refractivity contribution >= 4 is 55.1 Å². The van der Waals surface area contributed by atoms with E-state index in [2.05, 4.69) is 21.2 Å². The number of hydrogen-bond acceptors (Lipinski definition) is 4. The molecule has 4 rings (SSSR count). The minimum atomic E-state index is -4.11. The first-order valence-electron chi connectivity index (χ1n) is 13.3. The van der Waals surface area contributed by atoms with Gasteiger partial charge in [-0.25, -0.2) is 8.42 Å². The van der Waals surface area contributed by atoms with E-state index in [0.29, 0.717) is 10.7 Å². The number of benzene rings is 3. The van der Waals surface area contributed by atoms with Crippen LogP contribution in [0.25, 0.3) is 0 Å². The second-order valence-corrected chi connectivity index (χ2v) is 13.2. The summed E-state index contributed by atoms with van der Waals surface area (Å²) in [7, 11) is -4.11. The van der Waals surface area contributed by atoms with E-state index in [4.69, 9.17) is 11.6 Å². The molecule has 10 heteroatoms. The van der Waals surface area contributed by atoms with Gasteiger partial charge in [-0.05, 0) is 73.9 Å². The van der Waals surface area contributed by atoms with Crippen LogP contribution >= 0.6 is 27.5 Å². The van der Waals surface area contributed by atoms with Crippen LogP contribution in [0, 0.1) is 0 Å². The summed E-state index contributed by atoms with van der Waals surface area (Å²) in [6.07, 6.45) is 5.12. The third-order valence-electron chi connectivity index (χ3n) is 7.11. The van der Waals surface area contributed by atoms with Gasteiger partial charge in [-0.1, -0.05) is 77.1 Å². The fourth-order valence-corrected chi connectivity index (χ4v) is 6.62. The minimum absolute atomic E-state index is 0.0558. The minimum Gasteiger partial charge on any atom is -0.352 e. The van der Waals surface area contributed by atoms with Crippen molar-refractivity contribution in [2.24, 2.45) is 0 Å². The third-order valence-corrected chi connectivity index (χ3v) is 9.68. The molecule has 1 aliphatic carbocycles. The molecule has 3 aromatic carbocycles. The number of anilines is 1. The van der Waals surface area contributed by atoms with E-state index in [1.807, 2.05) is 24.3 Å². The van der Waals surface area contributed by atoms with Crippen LogP contribution in [0.3, 0.4) is 0 Å². The Balaban J connectivity index is 1.65. The number of carbonyl (C=O) groups excluding carboxylic acids is 2. The molecule has 0 saturated heterocycles.